The molecule has 114 valence electrons. The number of hydrogen-bond donors (Lipinski definition) is 1. The molecule has 5 nitrogen and oxygen atoms in total. The van der Waals surface area contributed by atoms with Gasteiger partial charge in [-0.3, -0.25) is 9.69 Å². The van der Waals surface area contributed by atoms with E-state index >= 15 is 0 Å². The molecule has 2 fully saturated rings. The first kappa shape index (κ1) is 14.4. The first-order chi connectivity index (χ1) is 10.1. The van der Waals surface area contributed by atoms with E-state index in [9.17, 15) is 14.3 Å². The van der Waals surface area contributed by atoms with Crippen LogP contribution in [0.1, 0.15) is 10.4 Å². The average Bonchev–Trinajstić information content (AvgIpc) is 2.90. The van der Waals surface area contributed by atoms with Gasteiger partial charge in [0, 0.05) is 31.7 Å². The third kappa shape index (κ3) is 3.07. The minimum absolute atomic E-state index is 0.0432. The summed E-state index contributed by atoms with van der Waals surface area (Å²) in [5.41, 5.74) is 0.450. The standard InChI is InChI=1S/C15H19FN2O3/c16-12-3-1-11(2-4-12)15(20)18-9-13(14(19)10-18)17-5-7-21-8-6-17/h1-4,13-14,19H,5-10H2/t13-,14-/m1/s1. The molecule has 1 aromatic carbocycles. The van der Waals surface area contributed by atoms with Crippen LogP contribution >= 0.6 is 0 Å². The van der Waals surface area contributed by atoms with Crippen molar-refractivity contribution in [1.29, 1.82) is 0 Å². The van der Waals surface area contributed by atoms with Crippen LogP contribution in [0, 0.1) is 5.82 Å². The largest absolute Gasteiger partial charge is 0.390 e. The van der Waals surface area contributed by atoms with Crippen molar-refractivity contribution in [2.24, 2.45) is 0 Å². The molecule has 1 N–H and O–H groups in total. The van der Waals surface area contributed by atoms with Crippen molar-refractivity contribution in [3.05, 3.63) is 35.6 Å². The maximum Gasteiger partial charge on any atom is 0.254 e. The van der Waals surface area contributed by atoms with Crippen LogP contribution in [0.3, 0.4) is 0 Å². The fourth-order valence-corrected chi connectivity index (χ4v) is 2.98. The molecule has 2 heterocycles. The zero-order valence-electron chi connectivity index (χ0n) is 11.7. The maximum absolute atomic E-state index is 12.9. The van der Waals surface area contributed by atoms with Gasteiger partial charge in [-0.1, -0.05) is 0 Å². The number of likely N-dealkylation sites (tertiary alicyclic amines) is 1. The highest BCUT2D eigenvalue weighted by atomic mass is 19.1. The molecular weight excluding hydrogens is 275 g/mol. The van der Waals surface area contributed by atoms with Crippen molar-refractivity contribution in [2.45, 2.75) is 12.1 Å². The lowest BCUT2D eigenvalue weighted by Crippen LogP contribution is -2.49. The number of morpholine rings is 1. The Morgan fingerprint density at radius 1 is 1.19 bits per heavy atom. The van der Waals surface area contributed by atoms with E-state index in [1.165, 1.54) is 24.3 Å². The summed E-state index contributed by atoms with van der Waals surface area (Å²) in [5.74, 6) is -0.524. The predicted molar refractivity (Wildman–Crippen MR) is 74.5 cm³/mol. The Labute approximate surface area is 122 Å². The second-order valence-corrected chi connectivity index (χ2v) is 5.50. The molecule has 0 bridgehead atoms. The predicted octanol–water partition coefficient (Wildman–Crippen LogP) is 0.343. The van der Waals surface area contributed by atoms with Gasteiger partial charge in [0.2, 0.25) is 0 Å². The van der Waals surface area contributed by atoms with E-state index in [0.717, 1.165) is 13.1 Å². The van der Waals surface area contributed by atoms with E-state index in [1.54, 1.807) is 4.90 Å². The maximum atomic E-state index is 12.9. The number of benzene rings is 1. The lowest BCUT2D eigenvalue weighted by molar-refractivity contribution is -0.00611. The zero-order valence-corrected chi connectivity index (χ0v) is 11.7. The quantitative estimate of drug-likeness (QED) is 0.855. The number of halogens is 1. The third-order valence-electron chi connectivity index (χ3n) is 4.15. The van der Waals surface area contributed by atoms with Crippen LogP contribution in [0.15, 0.2) is 24.3 Å². The highest BCUT2D eigenvalue weighted by Crippen LogP contribution is 2.20. The van der Waals surface area contributed by atoms with E-state index in [4.69, 9.17) is 4.74 Å². The van der Waals surface area contributed by atoms with E-state index < -0.39 is 6.10 Å². The Morgan fingerprint density at radius 3 is 2.52 bits per heavy atom. The average molecular weight is 294 g/mol. The Bertz CT molecular complexity index is 502. The Kier molecular flexibility index (Phi) is 4.19. The number of carbonyl (C=O) groups is 1. The second kappa shape index (κ2) is 6.09. The first-order valence-electron chi connectivity index (χ1n) is 7.20. The van der Waals surface area contributed by atoms with Gasteiger partial charge in [0.05, 0.1) is 25.4 Å². The van der Waals surface area contributed by atoms with E-state index in [-0.39, 0.29) is 17.8 Å². The van der Waals surface area contributed by atoms with Crippen LogP contribution in [0.5, 0.6) is 0 Å². The lowest BCUT2D eigenvalue weighted by atomic mass is 10.1. The van der Waals surface area contributed by atoms with Crippen LogP contribution in [-0.2, 0) is 4.74 Å². The van der Waals surface area contributed by atoms with Gasteiger partial charge in [0.15, 0.2) is 0 Å². The summed E-state index contributed by atoms with van der Waals surface area (Å²) in [6.07, 6.45) is -0.549. The molecule has 6 heteroatoms. The fourth-order valence-electron chi connectivity index (χ4n) is 2.98. The van der Waals surface area contributed by atoms with Crippen LogP contribution < -0.4 is 0 Å². The SMILES string of the molecule is O=C(c1ccc(F)cc1)N1C[C@@H](O)[C@H](N2CCOCC2)C1. The fraction of sp³-hybridized carbons (Fsp3) is 0.533. The van der Waals surface area contributed by atoms with Crippen molar-refractivity contribution < 1.29 is 19.0 Å². The van der Waals surface area contributed by atoms with Crippen LogP contribution in [-0.4, -0.2) is 72.4 Å². The van der Waals surface area contributed by atoms with Crippen molar-refractivity contribution in [3.63, 3.8) is 0 Å². The van der Waals surface area contributed by atoms with Gasteiger partial charge in [0.25, 0.3) is 5.91 Å². The van der Waals surface area contributed by atoms with Gasteiger partial charge >= 0.3 is 0 Å². The molecule has 1 aromatic rings. The van der Waals surface area contributed by atoms with Crippen LogP contribution in [0.2, 0.25) is 0 Å². The molecule has 21 heavy (non-hydrogen) atoms. The second-order valence-electron chi connectivity index (χ2n) is 5.50. The molecule has 3 rings (SSSR count). The Morgan fingerprint density at radius 2 is 1.86 bits per heavy atom. The monoisotopic (exact) mass is 294 g/mol. The topological polar surface area (TPSA) is 53.0 Å². The third-order valence-corrected chi connectivity index (χ3v) is 4.15. The van der Waals surface area contributed by atoms with Crippen LogP contribution in [0.25, 0.3) is 0 Å². The van der Waals surface area contributed by atoms with Crippen molar-refractivity contribution in [1.82, 2.24) is 9.80 Å². The van der Waals surface area contributed by atoms with Gasteiger partial charge in [-0.05, 0) is 24.3 Å². The molecule has 0 spiro atoms. The summed E-state index contributed by atoms with van der Waals surface area (Å²) in [6, 6.07) is 5.47. The van der Waals surface area contributed by atoms with Crippen molar-refractivity contribution in [3.8, 4) is 0 Å². The van der Waals surface area contributed by atoms with Gasteiger partial charge in [0.1, 0.15) is 5.82 Å². The van der Waals surface area contributed by atoms with Gasteiger partial charge < -0.3 is 14.7 Å². The molecule has 2 aliphatic rings. The number of aliphatic hydroxyl groups is 1. The number of ether oxygens (including phenoxy) is 1. The summed E-state index contributed by atoms with van der Waals surface area (Å²) < 4.78 is 18.2. The van der Waals surface area contributed by atoms with E-state index in [1.807, 2.05) is 0 Å². The number of rotatable bonds is 2. The van der Waals surface area contributed by atoms with Crippen molar-refractivity contribution >= 4 is 5.91 Å². The molecule has 2 aliphatic heterocycles. The number of carbonyl (C=O) groups excluding carboxylic acids is 1. The normalized spacial score (nSPS) is 27.0. The number of amides is 1. The molecule has 0 unspecified atom stereocenters. The van der Waals surface area contributed by atoms with E-state index in [2.05, 4.69) is 4.90 Å². The molecule has 0 aromatic heterocycles. The summed E-state index contributed by atoms with van der Waals surface area (Å²) in [5, 5.41) is 10.2. The van der Waals surface area contributed by atoms with E-state index in [0.29, 0.717) is 31.9 Å². The summed E-state index contributed by atoms with van der Waals surface area (Å²) in [7, 11) is 0. The Balaban J connectivity index is 1.67. The number of aliphatic hydroxyl groups excluding tert-OH is 1. The summed E-state index contributed by atoms with van der Waals surface area (Å²) in [4.78, 5) is 16.2. The molecule has 0 saturated carbocycles. The molecule has 2 saturated heterocycles. The smallest absolute Gasteiger partial charge is 0.254 e. The highest BCUT2D eigenvalue weighted by molar-refractivity contribution is 5.94. The molecule has 0 aliphatic carbocycles. The highest BCUT2D eigenvalue weighted by Gasteiger charge is 2.38. The molecule has 2 atom stereocenters. The van der Waals surface area contributed by atoms with Gasteiger partial charge in [-0.25, -0.2) is 4.39 Å². The van der Waals surface area contributed by atoms with Gasteiger partial charge in [-0.2, -0.15) is 0 Å². The minimum Gasteiger partial charge on any atom is -0.390 e. The first-order valence-corrected chi connectivity index (χ1v) is 7.20. The van der Waals surface area contributed by atoms with Crippen LogP contribution in [0.4, 0.5) is 4.39 Å². The number of hydrogen-bond acceptors (Lipinski definition) is 4. The van der Waals surface area contributed by atoms with Gasteiger partial charge in [-0.15, -0.1) is 0 Å². The molecule has 1 amide bonds. The summed E-state index contributed by atoms with van der Waals surface area (Å²) >= 11 is 0. The molecular formula is C15H19FN2O3. The lowest BCUT2D eigenvalue weighted by Gasteiger charge is -2.33. The summed E-state index contributed by atoms with van der Waals surface area (Å²) in [6.45, 7) is 3.69. The number of β-amino-alcohol motifs (C(OH)–C–C–N with tert-alkyl or cyclic N) is 1. The minimum atomic E-state index is -0.549. The molecule has 0 radical (unpaired) electrons. The Hall–Kier alpha value is -1.50. The van der Waals surface area contributed by atoms with Crippen molar-refractivity contribution in [2.75, 3.05) is 39.4 Å². The number of nitrogens with zero attached hydrogens (tertiary/aromatic N) is 2. The zero-order chi connectivity index (χ0) is 14.8.